The van der Waals surface area contributed by atoms with Crippen LogP contribution in [0, 0.1) is 19.8 Å². The minimum atomic E-state index is -0.0789. The van der Waals surface area contributed by atoms with Crippen molar-refractivity contribution in [3.8, 4) is 11.5 Å². The molecule has 1 atom stereocenters. The molecule has 35 heavy (non-hydrogen) atoms. The number of urea groups is 1. The zero-order valence-corrected chi connectivity index (χ0v) is 20.7. The summed E-state index contributed by atoms with van der Waals surface area (Å²) in [7, 11) is 0. The number of ether oxygens (including phenoxy) is 2. The first-order chi connectivity index (χ1) is 17.0. The van der Waals surface area contributed by atoms with Crippen molar-refractivity contribution in [3.63, 3.8) is 0 Å². The molecule has 1 saturated heterocycles. The van der Waals surface area contributed by atoms with Gasteiger partial charge in [-0.2, -0.15) is 0 Å². The first kappa shape index (κ1) is 24.3. The van der Waals surface area contributed by atoms with E-state index in [4.69, 9.17) is 9.47 Å². The summed E-state index contributed by atoms with van der Waals surface area (Å²) in [5.74, 6) is 1.96. The number of nitrogens with zero attached hydrogens (tertiary/aromatic N) is 2. The molecule has 2 amide bonds. The van der Waals surface area contributed by atoms with Crippen LogP contribution < -0.4 is 14.8 Å². The molecule has 182 valence electrons. The van der Waals surface area contributed by atoms with Crippen molar-refractivity contribution in [1.29, 1.82) is 0 Å². The van der Waals surface area contributed by atoms with Crippen molar-refractivity contribution in [2.75, 3.05) is 31.6 Å². The molecule has 0 bridgehead atoms. The van der Waals surface area contributed by atoms with E-state index in [1.807, 2.05) is 67.3 Å². The third-order valence-electron chi connectivity index (χ3n) is 6.07. The van der Waals surface area contributed by atoms with Gasteiger partial charge in [-0.1, -0.05) is 42.8 Å². The molecule has 1 aliphatic heterocycles. The average Bonchev–Trinajstić information content (AvgIpc) is 2.85. The van der Waals surface area contributed by atoms with Crippen LogP contribution in [0.5, 0.6) is 11.5 Å². The molecule has 1 aliphatic rings. The van der Waals surface area contributed by atoms with Crippen LogP contribution in [0.1, 0.15) is 30.2 Å². The maximum atomic E-state index is 12.7. The highest BCUT2D eigenvalue weighted by Crippen LogP contribution is 2.26. The summed E-state index contributed by atoms with van der Waals surface area (Å²) in [5, 5.41) is 2.95. The third kappa shape index (κ3) is 7.09. The Kier molecular flexibility index (Phi) is 8.03. The van der Waals surface area contributed by atoms with Crippen molar-refractivity contribution < 1.29 is 14.3 Å². The zero-order valence-electron chi connectivity index (χ0n) is 20.7. The van der Waals surface area contributed by atoms with E-state index in [-0.39, 0.29) is 11.9 Å². The Bertz CT molecular complexity index is 1170. The van der Waals surface area contributed by atoms with Gasteiger partial charge < -0.3 is 19.7 Å². The van der Waals surface area contributed by atoms with E-state index in [0.29, 0.717) is 26.3 Å². The van der Waals surface area contributed by atoms with Crippen molar-refractivity contribution in [2.24, 2.45) is 5.92 Å². The summed E-state index contributed by atoms with van der Waals surface area (Å²) in [5.41, 5.74) is 5.26. The number of hydrogen-bond donors (Lipinski definition) is 1. The number of benzene rings is 2. The highest BCUT2D eigenvalue weighted by Gasteiger charge is 2.24. The smallest absolute Gasteiger partial charge is 0.321 e. The summed E-state index contributed by atoms with van der Waals surface area (Å²) in [6, 6.07) is 19.8. The van der Waals surface area contributed by atoms with E-state index in [0.717, 1.165) is 34.9 Å². The Labute approximate surface area is 207 Å². The van der Waals surface area contributed by atoms with E-state index in [1.165, 1.54) is 11.1 Å². The SMILES string of the molecule is Cc1cccc(OCCOc2cccc(/C=C3\CCN(C(=O)Nc4ccc(C)nc4)CC3C)c2)c1. The highest BCUT2D eigenvalue weighted by atomic mass is 16.5. The van der Waals surface area contributed by atoms with E-state index in [9.17, 15) is 4.79 Å². The minimum Gasteiger partial charge on any atom is -0.490 e. The van der Waals surface area contributed by atoms with Gasteiger partial charge in [0.15, 0.2) is 0 Å². The van der Waals surface area contributed by atoms with Crippen LogP contribution in [0.2, 0.25) is 0 Å². The molecular weight excluding hydrogens is 438 g/mol. The first-order valence-corrected chi connectivity index (χ1v) is 12.1. The number of carbonyl (C=O) groups is 1. The van der Waals surface area contributed by atoms with Crippen LogP contribution in [0.4, 0.5) is 10.5 Å². The molecule has 0 radical (unpaired) electrons. The maximum Gasteiger partial charge on any atom is 0.321 e. The van der Waals surface area contributed by atoms with Crippen molar-refractivity contribution >= 4 is 17.8 Å². The summed E-state index contributed by atoms with van der Waals surface area (Å²) in [6.45, 7) is 8.48. The molecule has 2 aromatic carbocycles. The van der Waals surface area contributed by atoms with E-state index in [2.05, 4.69) is 35.4 Å². The minimum absolute atomic E-state index is 0.0789. The number of aromatic nitrogens is 1. The van der Waals surface area contributed by atoms with Gasteiger partial charge in [-0.15, -0.1) is 0 Å². The highest BCUT2D eigenvalue weighted by molar-refractivity contribution is 5.89. The fraction of sp³-hybridized carbons (Fsp3) is 0.310. The number of pyridine rings is 1. The fourth-order valence-corrected chi connectivity index (χ4v) is 4.13. The Morgan fingerprint density at radius 3 is 2.49 bits per heavy atom. The Morgan fingerprint density at radius 2 is 1.80 bits per heavy atom. The van der Waals surface area contributed by atoms with Crippen molar-refractivity contribution in [3.05, 3.63) is 89.3 Å². The molecule has 1 unspecified atom stereocenters. The Morgan fingerprint density at radius 1 is 1.06 bits per heavy atom. The lowest BCUT2D eigenvalue weighted by molar-refractivity contribution is 0.198. The normalized spacial score (nSPS) is 16.7. The second kappa shape index (κ2) is 11.6. The topological polar surface area (TPSA) is 63.7 Å². The fourth-order valence-electron chi connectivity index (χ4n) is 4.13. The van der Waals surface area contributed by atoms with Gasteiger partial charge in [-0.05, 0) is 73.7 Å². The number of piperidine rings is 1. The predicted molar refractivity (Wildman–Crippen MR) is 140 cm³/mol. The van der Waals surface area contributed by atoms with Crippen molar-refractivity contribution in [1.82, 2.24) is 9.88 Å². The van der Waals surface area contributed by atoms with Crippen LogP contribution in [0.15, 0.2) is 72.4 Å². The molecule has 6 nitrogen and oxygen atoms in total. The second-order valence-electron chi connectivity index (χ2n) is 9.02. The van der Waals surface area contributed by atoms with Gasteiger partial charge in [-0.25, -0.2) is 4.79 Å². The number of carbonyl (C=O) groups excluding carboxylic acids is 1. The number of rotatable bonds is 7. The third-order valence-corrected chi connectivity index (χ3v) is 6.07. The average molecular weight is 472 g/mol. The molecule has 0 saturated carbocycles. The molecule has 2 heterocycles. The molecule has 1 N–H and O–H groups in total. The van der Waals surface area contributed by atoms with E-state index in [1.54, 1.807) is 6.20 Å². The van der Waals surface area contributed by atoms with Crippen LogP contribution >= 0.6 is 0 Å². The Balaban J connectivity index is 1.28. The maximum absolute atomic E-state index is 12.7. The summed E-state index contributed by atoms with van der Waals surface area (Å²) < 4.78 is 11.7. The first-order valence-electron chi connectivity index (χ1n) is 12.1. The summed E-state index contributed by atoms with van der Waals surface area (Å²) in [4.78, 5) is 18.8. The van der Waals surface area contributed by atoms with Crippen LogP contribution in [0.25, 0.3) is 6.08 Å². The quantitative estimate of drug-likeness (QED) is 0.422. The molecule has 3 aromatic rings. The standard InChI is InChI=1S/C29H33N3O3/c1-21-6-4-8-27(16-21)34-14-15-35-28-9-5-7-24(18-28)17-25-12-13-32(20-22(25)2)29(33)31-26-11-10-23(3)30-19-26/h4-11,16-19,22H,12-15,20H2,1-3H3,(H,31,33)/b25-17+. The molecule has 6 heteroatoms. The number of likely N-dealkylation sites (tertiary alicyclic amines) is 1. The van der Waals surface area contributed by atoms with Crippen LogP contribution in [-0.2, 0) is 0 Å². The largest absolute Gasteiger partial charge is 0.490 e. The van der Waals surface area contributed by atoms with E-state index < -0.39 is 0 Å². The van der Waals surface area contributed by atoms with E-state index >= 15 is 0 Å². The second-order valence-corrected chi connectivity index (χ2v) is 9.02. The molecule has 0 aliphatic carbocycles. The van der Waals surface area contributed by atoms with Gasteiger partial charge in [-0.3, -0.25) is 4.98 Å². The lowest BCUT2D eigenvalue weighted by atomic mass is 9.91. The monoisotopic (exact) mass is 471 g/mol. The van der Waals surface area contributed by atoms with Gasteiger partial charge in [0.1, 0.15) is 24.7 Å². The lowest BCUT2D eigenvalue weighted by Gasteiger charge is -2.33. The van der Waals surface area contributed by atoms with Crippen LogP contribution in [-0.4, -0.2) is 42.2 Å². The Hall–Kier alpha value is -3.80. The zero-order chi connectivity index (χ0) is 24.6. The summed E-state index contributed by atoms with van der Waals surface area (Å²) >= 11 is 0. The lowest BCUT2D eigenvalue weighted by Crippen LogP contribution is -2.42. The van der Waals surface area contributed by atoms with Gasteiger partial charge >= 0.3 is 6.03 Å². The molecule has 1 fully saturated rings. The van der Waals surface area contributed by atoms with Gasteiger partial charge in [0.2, 0.25) is 0 Å². The molecular formula is C29H33N3O3. The number of anilines is 1. The molecule has 0 spiro atoms. The number of nitrogens with one attached hydrogen (secondary N) is 1. The van der Waals surface area contributed by atoms with Gasteiger partial charge in [0.25, 0.3) is 0 Å². The number of aryl methyl sites for hydroxylation is 2. The predicted octanol–water partition coefficient (Wildman–Crippen LogP) is 6.11. The van der Waals surface area contributed by atoms with Gasteiger partial charge in [0.05, 0.1) is 11.9 Å². The summed E-state index contributed by atoms with van der Waals surface area (Å²) in [6.07, 6.45) is 4.76. The number of amides is 2. The molecule has 4 rings (SSSR count). The molecule has 1 aromatic heterocycles. The number of hydrogen-bond acceptors (Lipinski definition) is 4. The van der Waals surface area contributed by atoms with Crippen molar-refractivity contribution in [2.45, 2.75) is 27.2 Å². The van der Waals surface area contributed by atoms with Crippen LogP contribution in [0.3, 0.4) is 0 Å². The van der Waals surface area contributed by atoms with Gasteiger partial charge in [0, 0.05) is 18.8 Å².